The fourth-order valence-corrected chi connectivity index (χ4v) is 3.88. The number of nitrogens with zero attached hydrogens (tertiary/aromatic N) is 2. The van der Waals surface area contributed by atoms with Crippen molar-refractivity contribution in [3.05, 3.63) is 81.7 Å². The van der Waals surface area contributed by atoms with Crippen LogP contribution in [0, 0.1) is 0 Å². The van der Waals surface area contributed by atoms with Gasteiger partial charge in [0.05, 0.1) is 5.69 Å². The Hall–Kier alpha value is -3.12. The summed E-state index contributed by atoms with van der Waals surface area (Å²) in [5.41, 5.74) is 4.29. The van der Waals surface area contributed by atoms with E-state index in [1.165, 1.54) is 0 Å². The Morgan fingerprint density at radius 1 is 1.19 bits per heavy atom. The van der Waals surface area contributed by atoms with Crippen molar-refractivity contribution in [2.75, 3.05) is 11.4 Å². The first-order valence-electron chi connectivity index (χ1n) is 10.4. The van der Waals surface area contributed by atoms with Crippen LogP contribution in [0.4, 0.5) is 5.69 Å². The van der Waals surface area contributed by atoms with E-state index in [4.69, 9.17) is 16.1 Å². The molecule has 2 heterocycles. The molecule has 0 bridgehead atoms. The first-order chi connectivity index (χ1) is 14.9. The van der Waals surface area contributed by atoms with Crippen LogP contribution in [0.2, 0.25) is 5.02 Å². The van der Waals surface area contributed by atoms with Crippen LogP contribution in [0.3, 0.4) is 0 Å². The number of hydrogen-bond acceptors (Lipinski definition) is 4. The molecule has 3 aromatic rings. The Morgan fingerprint density at radius 3 is 2.77 bits per heavy atom. The molecule has 1 aromatic heterocycles. The largest absolute Gasteiger partial charge is 0.351 e. The molecule has 0 saturated heterocycles. The number of nitrogens with one attached hydrogen (secondary N) is 1. The van der Waals surface area contributed by atoms with Gasteiger partial charge in [-0.3, -0.25) is 9.59 Å². The molecule has 0 unspecified atom stereocenters. The van der Waals surface area contributed by atoms with Crippen LogP contribution in [0.5, 0.6) is 0 Å². The average molecular weight is 438 g/mol. The van der Waals surface area contributed by atoms with Crippen molar-refractivity contribution in [2.45, 2.75) is 39.2 Å². The van der Waals surface area contributed by atoms with E-state index < -0.39 is 0 Å². The SMILES string of the molecule is CC(C)c1cc(C(=O)NCc2ccc3c(c2)CCCN3C(=O)c2cccc(Cl)c2)on1. The molecule has 0 spiro atoms. The quantitative estimate of drug-likeness (QED) is 0.611. The standard InChI is InChI=1S/C24H24ClN3O3/c1-15(2)20-13-22(31-27-20)23(29)26-14-16-8-9-21-17(11-16)6-4-10-28(21)24(30)18-5-3-7-19(25)12-18/h3,5,7-9,11-13,15H,4,6,10,14H2,1-2H3,(H,26,29). The van der Waals surface area contributed by atoms with E-state index in [0.717, 1.165) is 35.3 Å². The predicted octanol–water partition coefficient (Wildman–Crippen LogP) is 4.97. The van der Waals surface area contributed by atoms with Gasteiger partial charge < -0.3 is 14.7 Å². The number of anilines is 1. The molecule has 0 fully saturated rings. The Labute approximate surface area is 186 Å². The second-order valence-corrected chi connectivity index (χ2v) is 8.42. The fraction of sp³-hybridized carbons (Fsp3) is 0.292. The van der Waals surface area contributed by atoms with Gasteiger partial charge in [0.2, 0.25) is 5.76 Å². The maximum atomic E-state index is 13.0. The first kappa shape index (κ1) is 21.1. The fourth-order valence-electron chi connectivity index (χ4n) is 3.69. The molecule has 0 atom stereocenters. The van der Waals surface area contributed by atoms with Crippen LogP contribution in [0.1, 0.15) is 63.9 Å². The molecule has 1 aliphatic rings. The summed E-state index contributed by atoms with van der Waals surface area (Å²) in [6.07, 6.45) is 1.77. The van der Waals surface area contributed by atoms with Crippen LogP contribution in [0.15, 0.2) is 53.1 Å². The topological polar surface area (TPSA) is 75.4 Å². The van der Waals surface area contributed by atoms with E-state index in [1.54, 1.807) is 35.2 Å². The molecule has 0 radical (unpaired) electrons. The Balaban J connectivity index is 1.46. The maximum absolute atomic E-state index is 13.0. The van der Waals surface area contributed by atoms with Crippen LogP contribution in [-0.4, -0.2) is 23.5 Å². The third kappa shape index (κ3) is 4.64. The molecule has 4 rings (SSSR count). The van der Waals surface area contributed by atoms with Crippen LogP contribution >= 0.6 is 11.6 Å². The number of rotatable bonds is 5. The summed E-state index contributed by atoms with van der Waals surface area (Å²) in [4.78, 5) is 27.2. The first-order valence-corrected chi connectivity index (χ1v) is 10.7. The van der Waals surface area contributed by atoms with Crippen LogP contribution in [-0.2, 0) is 13.0 Å². The lowest BCUT2D eigenvalue weighted by atomic mass is 9.98. The number of carbonyl (C=O) groups excluding carboxylic acids is 2. The predicted molar refractivity (Wildman–Crippen MR) is 120 cm³/mol. The summed E-state index contributed by atoms with van der Waals surface area (Å²) in [5, 5.41) is 7.34. The summed E-state index contributed by atoms with van der Waals surface area (Å²) < 4.78 is 5.14. The van der Waals surface area contributed by atoms with Crippen molar-refractivity contribution < 1.29 is 14.1 Å². The zero-order valence-corrected chi connectivity index (χ0v) is 18.3. The highest BCUT2D eigenvalue weighted by Gasteiger charge is 2.24. The minimum absolute atomic E-state index is 0.0595. The number of carbonyl (C=O) groups is 2. The van der Waals surface area contributed by atoms with E-state index in [0.29, 0.717) is 23.7 Å². The van der Waals surface area contributed by atoms with Crippen molar-refractivity contribution >= 4 is 29.1 Å². The number of halogens is 1. The van der Waals surface area contributed by atoms with Crippen LogP contribution < -0.4 is 10.2 Å². The summed E-state index contributed by atoms with van der Waals surface area (Å²) in [7, 11) is 0. The van der Waals surface area contributed by atoms with E-state index in [1.807, 2.05) is 32.0 Å². The summed E-state index contributed by atoms with van der Waals surface area (Å²) in [5.74, 6) is 0.0501. The Kier molecular flexibility index (Phi) is 6.09. The van der Waals surface area contributed by atoms with Crippen molar-refractivity contribution in [3.8, 4) is 0 Å². The third-order valence-corrected chi connectivity index (χ3v) is 5.61. The molecule has 31 heavy (non-hydrogen) atoms. The molecule has 6 nitrogen and oxygen atoms in total. The summed E-state index contributed by atoms with van der Waals surface area (Å²) in [6.45, 7) is 5.02. The van der Waals surface area contributed by atoms with Crippen molar-refractivity contribution in [2.24, 2.45) is 0 Å². The van der Waals surface area contributed by atoms with Crippen molar-refractivity contribution in [1.29, 1.82) is 0 Å². The number of benzene rings is 2. The lowest BCUT2D eigenvalue weighted by Gasteiger charge is -2.30. The zero-order valence-electron chi connectivity index (χ0n) is 17.5. The molecular formula is C24H24ClN3O3. The Bertz CT molecular complexity index is 1120. The molecule has 0 aliphatic carbocycles. The van der Waals surface area contributed by atoms with Gasteiger partial charge in [-0.25, -0.2) is 0 Å². The van der Waals surface area contributed by atoms with E-state index in [-0.39, 0.29) is 23.5 Å². The average Bonchev–Trinajstić information content (AvgIpc) is 3.27. The van der Waals surface area contributed by atoms with Gasteiger partial charge in [-0.1, -0.05) is 48.8 Å². The number of aromatic nitrogens is 1. The number of aryl methyl sites for hydroxylation is 1. The van der Waals surface area contributed by atoms with Gasteiger partial charge >= 0.3 is 0 Å². The van der Waals surface area contributed by atoms with Gasteiger partial charge in [-0.15, -0.1) is 0 Å². The van der Waals surface area contributed by atoms with E-state index in [2.05, 4.69) is 10.5 Å². The monoisotopic (exact) mass is 437 g/mol. The van der Waals surface area contributed by atoms with Crippen molar-refractivity contribution in [3.63, 3.8) is 0 Å². The number of hydrogen-bond donors (Lipinski definition) is 1. The van der Waals surface area contributed by atoms with E-state index in [9.17, 15) is 9.59 Å². The molecule has 0 saturated carbocycles. The van der Waals surface area contributed by atoms with Gasteiger partial charge in [-0.05, 0) is 54.2 Å². The lowest BCUT2D eigenvalue weighted by molar-refractivity contribution is 0.0913. The van der Waals surface area contributed by atoms with E-state index >= 15 is 0 Å². The minimum atomic E-state index is -0.296. The zero-order chi connectivity index (χ0) is 22.0. The van der Waals surface area contributed by atoms with Gasteiger partial charge in [-0.2, -0.15) is 0 Å². The number of fused-ring (bicyclic) bond motifs is 1. The molecular weight excluding hydrogens is 414 g/mol. The molecule has 2 aromatic carbocycles. The highest BCUT2D eigenvalue weighted by Crippen LogP contribution is 2.30. The minimum Gasteiger partial charge on any atom is -0.351 e. The van der Waals surface area contributed by atoms with Gasteiger partial charge in [0, 0.05) is 35.4 Å². The van der Waals surface area contributed by atoms with Crippen LogP contribution in [0.25, 0.3) is 0 Å². The highest BCUT2D eigenvalue weighted by atomic mass is 35.5. The van der Waals surface area contributed by atoms with Gasteiger partial charge in [0.15, 0.2) is 0 Å². The smallest absolute Gasteiger partial charge is 0.290 e. The molecule has 7 heteroatoms. The van der Waals surface area contributed by atoms with Gasteiger partial charge in [0.1, 0.15) is 0 Å². The second kappa shape index (κ2) is 8.94. The lowest BCUT2D eigenvalue weighted by Crippen LogP contribution is -2.35. The summed E-state index contributed by atoms with van der Waals surface area (Å²) >= 11 is 6.05. The molecule has 160 valence electrons. The molecule has 1 aliphatic heterocycles. The molecule has 1 N–H and O–H groups in total. The second-order valence-electron chi connectivity index (χ2n) is 7.99. The Morgan fingerprint density at radius 2 is 2.03 bits per heavy atom. The molecule has 2 amide bonds. The number of amides is 2. The normalized spacial score (nSPS) is 13.2. The third-order valence-electron chi connectivity index (χ3n) is 5.38. The van der Waals surface area contributed by atoms with Gasteiger partial charge in [0.25, 0.3) is 11.8 Å². The maximum Gasteiger partial charge on any atom is 0.290 e. The van der Waals surface area contributed by atoms with Crippen molar-refractivity contribution in [1.82, 2.24) is 10.5 Å². The highest BCUT2D eigenvalue weighted by molar-refractivity contribution is 6.31. The summed E-state index contributed by atoms with van der Waals surface area (Å²) in [6, 6.07) is 14.6.